The van der Waals surface area contributed by atoms with Crippen molar-refractivity contribution in [2.45, 2.75) is 25.7 Å². The standard InChI is InChI=1S/C20H24NO3P/c1-15-10-11-19-18(14-15)12-13-21(20(19)25(22,23-3)24-4)16(2)17-8-6-5-7-9-17/h5-14,16,20H,1-4H3. The molecular formula is C20H24NO3P. The third-order valence-electron chi connectivity index (χ3n) is 4.77. The molecule has 0 bridgehead atoms. The Morgan fingerprint density at radius 2 is 1.76 bits per heavy atom. The summed E-state index contributed by atoms with van der Waals surface area (Å²) in [7, 11) is -0.467. The molecule has 1 aliphatic rings. The summed E-state index contributed by atoms with van der Waals surface area (Å²) < 4.78 is 24.2. The third kappa shape index (κ3) is 3.30. The molecule has 25 heavy (non-hydrogen) atoms. The summed E-state index contributed by atoms with van der Waals surface area (Å²) in [5.41, 5.74) is 4.32. The number of nitrogens with zero attached hydrogens (tertiary/aromatic N) is 1. The lowest BCUT2D eigenvalue weighted by Crippen LogP contribution is -2.30. The molecule has 0 fully saturated rings. The predicted molar refractivity (Wildman–Crippen MR) is 101 cm³/mol. The van der Waals surface area contributed by atoms with Gasteiger partial charge in [-0.1, -0.05) is 54.1 Å². The SMILES string of the molecule is COP(=O)(OC)C1c2ccc(C)cc2C=CN1C(C)c1ccccc1. The molecule has 132 valence electrons. The topological polar surface area (TPSA) is 38.8 Å². The van der Waals surface area contributed by atoms with Crippen molar-refractivity contribution in [3.05, 3.63) is 77.0 Å². The van der Waals surface area contributed by atoms with Crippen LogP contribution in [0.1, 0.15) is 41.0 Å². The molecule has 2 atom stereocenters. The van der Waals surface area contributed by atoms with E-state index in [1.54, 1.807) is 0 Å². The van der Waals surface area contributed by atoms with Crippen molar-refractivity contribution in [2.24, 2.45) is 0 Å². The van der Waals surface area contributed by atoms with E-state index < -0.39 is 13.4 Å². The largest absolute Gasteiger partial charge is 0.356 e. The first-order valence-electron chi connectivity index (χ1n) is 8.32. The summed E-state index contributed by atoms with van der Waals surface area (Å²) in [6.07, 6.45) is 4.06. The van der Waals surface area contributed by atoms with Crippen LogP contribution in [0.15, 0.2) is 54.7 Å². The van der Waals surface area contributed by atoms with Crippen molar-refractivity contribution in [2.75, 3.05) is 14.2 Å². The Bertz CT molecular complexity index is 811. The fourth-order valence-corrected chi connectivity index (χ4v) is 5.06. The average Bonchev–Trinajstić information content (AvgIpc) is 2.66. The zero-order valence-corrected chi connectivity index (χ0v) is 15.9. The quantitative estimate of drug-likeness (QED) is 0.660. The normalized spacial score (nSPS) is 18.1. The lowest BCUT2D eigenvalue weighted by atomic mass is 9.99. The molecule has 4 nitrogen and oxygen atoms in total. The number of hydrogen-bond acceptors (Lipinski definition) is 4. The Labute approximate surface area is 149 Å². The van der Waals surface area contributed by atoms with Gasteiger partial charge in [-0.3, -0.25) is 4.57 Å². The van der Waals surface area contributed by atoms with Crippen molar-refractivity contribution in [3.8, 4) is 0 Å². The highest BCUT2D eigenvalue weighted by atomic mass is 31.2. The first-order valence-corrected chi connectivity index (χ1v) is 9.93. The van der Waals surface area contributed by atoms with Crippen LogP contribution in [-0.2, 0) is 13.6 Å². The van der Waals surface area contributed by atoms with Gasteiger partial charge in [-0.15, -0.1) is 0 Å². The van der Waals surface area contributed by atoms with E-state index in [2.05, 4.69) is 36.1 Å². The molecular weight excluding hydrogens is 333 g/mol. The van der Waals surface area contributed by atoms with Crippen LogP contribution < -0.4 is 0 Å². The summed E-state index contributed by atoms with van der Waals surface area (Å²) in [4.78, 5) is 2.07. The maximum atomic E-state index is 13.4. The zero-order chi connectivity index (χ0) is 18.0. The summed E-state index contributed by atoms with van der Waals surface area (Å²) in [6.45, 7) is 4.15. The molecule has 0 N–H and O–H groups in total. The molecule has 3 rings (SSSR count). The molecule has 2 aromatic rings. The van der Waals surface area contributed by atoms with Gasteiger partial charge in [0.1, 0.15) is 0 Å². The third-order valence-corrected chi connectivity index (χ3v) is 6.93. The average molecular weight is 357 g/mol. The Morgan fingerprint density at radius 3 is 2.40 bits per heavy atom. The maximum absolute atomic E-state index is 13.4. The Kier molecular flexibility index (Phi) is 5.14. The minimum absolute atomic E-state index is 0.0236. The van der Waals surface area contributed by atoms with Crippen molar-refractivity contribution < 1.29 is 13.6 Å². The second-order valence-electron chi connectivity index (χ2n) is 6.26. The second kappa shape index (κ2) is 7.17. The molecule has 0 aromatic heterocycles. The van der Waals surface area contributed by atoms with Crippen molar-refractivity contribution in [1.82, 2.24) is 4.90 Å². The highest BCUT2D eigenvalue weighted by Gasteiger charge is 2.43. The molecule has 2 unspecified atom stereocenters. The summed E-state index contributed by atoms with van der Waals surface area (Å²) in [5.74, 6) is -0.488. The second-order valence-corrected chi connectivity index (χ2v) is 8.56. The van der Waals surface area contributed by atoms with Gasteiger partial charge in [0.2, 0.25) is 0 Å². The van der Waals surface area contributed by atoms with Crippen LogP contribution in [0.3, 0.4) is 0 Å². The summed E-state index contributed by atoms with van der Waals surface area (Å²) in [5, 5.41) is 0. The lowest BCUT2D eigenvalue weighted by molar-refractivity contribution is 0.198. The van der Waals surface area contributed by atoms with Gasteiger partial charge in [0.25, 0.3) is 0 Å². The lowest BCUT2D eigenvalue weighted by Gasteiger charge is -2.41. The molecule has 0 amide bonds. The maximum Gasteiger partial charge on any atom is 0.356 e. The Hall–Kier alpha value is -1.87. The monoisotopic (exact) mass is 357 g/mol. The smallest absolute Gasteiger partial charge is 0.353 e. The number of aryl methyl sites for hydroxylation is 1. The van der Waals surface area contributed by atoms with Gasteiger partial charge >= 0.3 is 7.60 Å². The van der Waals surface area contributed by atoms with Crippen LogP contribution in [0, 0.1) is 6.92 Å². The zero-order valence-electron chi connectivity index (χ0n) is 15.0. The van der Waals surface area contributed by atoms with E-state index in [4.69, 9.17) is 9.05 Å². The first kappa shape index (κ1) is 17.9. The first-order chi connectivity index (χ1) is 12.0. The van der Waals surface area contributed by atoms with E-state index in [0.717, 1.165) is 22.3 Å². The minimum atomic E-state index is -3.36. The fraction of sp³-hybridized carbons (Fsp3) is 0.300. The van der Waals surface area contributed by atoms with Crippen molar-refractivity contribution in [3.63, 3.8) is 0 Å². The van der Waals surface area contributed by atoms with Gasteiger partial charge in [0.05, 0.1) is 6.04 Å². The molecule has 1 aliphatic heterocycles. The van der Waals surface area contributed by atoms with Gasteiger partial charge in [0.15, 0.2) is 5.78 Å². The highest BCUT2D eigenvalue weighted by Crippen LogP contribution is 2.64. The van der Waals surface area contributed by atoms with Crippen LogP contribution in [0.4, 0.5) is 0 Å². The molecule has 0 spiro atoms. The van der Waals surface area contributed by atoms with Crippen molar-refractivity contribution in [1.29, 1.82) is 0 Å². The van der Waals surface area contributed by atoms with Crippen molar-refractivity contribution >= 4 is 13.7 Å². The van der Waals surface area contributed by atoms with Gasteiger partial charge in [-0.2, -0.15) is 0 Å². The number of hydrogen-bond donors (Lipinski definition) is 0. The van der Waals surface area contributed by atoms with Gasteiger partial charge in [-0.25, -0.2) is 0 Å². The molecule has 5 heteroatoms. The predicted octanol–water partition coefficient (Wildman–Crippen LogP) is 5.53. The molecule has 2 aromatic carbocycles. The van der Waals surface area contributed by atoms with Crippen LogP contribution in [0.5, 0.6) is 0 Å². The number of benzene rings is 2. The van der Waals surface area contributed by atoms with E-state index in [1.165, 1.54) is 14.2 Å². The molecule has 0 radical (unpaired) electrons. The number of fused-ring (bicyclic) bond motifs is 1. The van der Waals surface area contributed by atoms with Crippen LogP contribution in [0.25, 0.3) is 6.08 Å². The number of rotatable bonds is 5. The van der Waals surface area contributed by atoms with Gasteiger partial charge in [0, 0.05) is 20.4 Å². The molecule has 0 aliphatic carbocycles. The molecule has 1 heterocycles. The van der Waals surface area contributed by atoms with E-state index in [9.17, 15) is 4.57 Å². The van der Waals surface area contributed by atoms with Crippen LogP contribution in [-0.4, -0.2) is 19.1 Å². The fourth-order valence-electron chi connectivity index (χ4n) is 3.33. The Balaban J connectivity index is 2.12. The van der Waals surface area contributed by atoms with E-state index in [0.29, 0.717) is 0 Å². The summed E-state index contributed by atoms with van der Waals surface area (Å²) >= 11 is 0. The highest BCUT2D eigenvalue weighted by molar-refractivity contribution is 7.54. The van der Waals surface area contributed by atoms with Gasteiger partial charge in [-0.05, 0) is 36.6 Å². The molecule has 0 saturated heterocycles. The van der Waals surface area contributed by atoms with E-state index in [1.807, 2.05) is 43.5 Å². The van der Waals surface area contributed by atoms with E-state index >= 15 is 0 Å². The minimum Gasteiger partial charge on any atom is -0.353 e. The Morgan fingerprint density at radius 1 is 1.08 bits per heavy atom. The van der Waals surface area contributed by atoms with Gasteiger partial charge < -0.3 is 13.9 Å². The van der Waals surface area contributed by atoms with E-state index in [-0.39, 0.29) is 6.04 Å². The molecule has 0 saturated carbocycles. The van der Waals surface area contributed by atoms with Crippen LogP contribution >= 0.6 is 7.60 Å². The van der Waals surface area contributed by atoms with Crippen LogP contribution in [0.2, 0.25) is 0 Å². The summed E-state index contributed by atoms with van der Waals surface area (Å²) in [6, 6.07) is 16.3.